The summed E-state index contributed by atoms with van der Waals surface area (Å²) < 4.78 is 54.0. The molecule has 0 aromatic heterocycles. The smallest absolute Gasteiger partial charge is 0.420 e. The lowest BCUT2D eigenvalue weighted by molar-refractivity contribution is -0.138. The first-order chi connectivity index (χ1) is 6.38. The Balaban J connectivity index is 3.39. The van der Waals surface area contributed by atoms with Gasteiger partial charge in [0.15, 0.2) is 5.75 Å². The molecule has 0 unspecified atom stereocenters. The molecule has 0 fully saturated rings. The monoisotopic (exact) mass is 209 g/mol. The van der Waals surface area contributed by atoms with Crippen LogP contribution in [0.5, 0.6) is 5.75 Å². The summed E-state index contributed by atoms with van der Waals surface area (Å²) in [4.78, 5) is 0. The molecular formula is C8H7F4NO. The summed E-state index contributed by atoms with van der Waals surface area (Å²) in [5, 5.41) is 0. The number of hydrogen-bond donors (Lipinski definition) is 1. The molecule has 0 heterocycles. The van der Waals surface area contributed by atoms with E-state index in [-0.39, 0.29) is 0 Å². The van der Waals surface area contributed by atoms with E-state index < -0.39 is 29.0 Å². The van der Waals surface area contributed by atoms with Gasteiger partial charge in [-0.1, -0.05) is 0 Å². The largest absolute Gasteiger partial charge is 0.494 e. The second-order valence-corrected chi connectivity index (χ2v) is 2.54. The van der Waals surface area contributed by atoms with Crippen LogP contribution in [-0.4, -0.2) is 7.11 Å². The van der Waals surface area contributed by atoms with E-state index in [1.165, 1.54) is 0 Å². The van der Waals surface area contributed by atoms with Crippen LogP contribution in [0.1, 0.15) is 5.56 Å². The molecule has 0 aliphatic rings. The Morgan fingerprint density at radius 1 is 1.29 bits per heavy atom. The Hall–Kier alpha value is -1.46. The minimum absolute atomic E-state index is 0.588. The van der Waals surface area contributed by atoms with Crippen molar-refractivity contribution in [3.05, 3.63) is 23.5 Å². The molecular weight excluding hydrogens is 202 g/mol. The third-order valence-electron chi connectivity index (χ3n) is 1.65. The molecule has 0 saturated carbocycles. The van der Waals surface area contributed by atoms with Crippen LogP contribution in [0.4, 0.5) is 23.2 Å². The molecule has 1 aromatic rings. The summed E-state index contributed by atoms with van der Waals surface area (Å²) in [6, 6.07) is 1.24. The Morgan fingerprint density at radius 3 is 2.29 bits per heavy atom. The minimum Gasteiger partial charge on any atom is -0.494 e. The maximum Gasteiger partial charge on any atom is 0.420 e. The molecule has 0 aliphatic heterocycles. The van der Waals surface area contributed by atoms with Gasteiger partial charge >= 0.3 is 6.18 Å². The molecule has 0 atom stereocenters. The second-order valence-electron chi connectivity index (χ2n) is 2.54. The summed E-state index contributed by atoms with van der Waals surface area (Å²) in [7, 11) is 1.00. The molecule has 0 aliphatic carbocycles. The SMILES string of the molecule is COc1c(C(F)(F)F)ccc(F)c1N. The highest BCUT2D eigenvalue weighted by Crippen LogP contribution is 2.40. The van der Waals surface area contributed by atoms with E-state index in [1.54, 1.807) is 0 Å². The number of nitrogens with two attached hydrogens (primary N) is 1. The highest BCUT2D eigenvalue weighted by Gasteiger charge is 2.35. The lowest BCUT2D eigenvalue weighted by Gasteiger charge is -2.13. The van der Waals surface area contributed by atoms with Gasteiger partial charge in [0.25, 0.3) is 0 Å². The molecule has 0 saturated heterocycles. The van der Waals surface area contributed by atoms with Crippen molar-refractivity contribution in [2.24, 2.45) is 0 Å². The van der Waals surface area contributed by atoms with Crippen LogP contribution >= 0.6 is 0 Å². The Kier molecular flexibility index (Phi) is 2.55. The zero-order valence-electron chi connectivity index (χ0n) is 7.15. The number of alkyl halides is 3. The van der Waals surface area contributed by atoms with Crippen LogP contribution in [0.2, 0.25) is 0 Å². The zero-order chi connectivity index (χ0) is 10.9. The maximum atomic E-state index is 12.8. The van der Waals surface area contributed by atoms with E-state index in [4.69, 9.17) is 5.73 Å². The van der Waals surface area contributed by atoms with Crippen molar-refractivity contribution in [3.8, 4) is 5.75 Å². The van der Waals surface area contributed by atoms with Crippen LogP contribution in [0.15, 0.2) is 12.1 Å². The molecule has 6 heteroatoms. The number of hydrogen-bond acceptors (Lipinski definition) is 2. The highest BCUT2D eigenvalue weighted by molar-refractivity contribution is 5.58. The van der Waals surface area contributed by atoms with Gasteiger partial charge in [-0.2, -0.15) is 13.2 Å². The fourth-order valence-electron chi connectivity index (χ4n) is 1.02. The van der Waals surface area contributed by atoms with Crippen LogP contribution in [0.3, 0.4) is 0 Å². The van der Waals surface area contributed by atoms with Crippen LogP contribution in [0.25, 0.3) is 0 Å². The number of rotatable bonds is 1. The molecule has 14 heavy (non-hydrogen) atoms. The van der Waals surface area contributed by atoms with Crippen LogP contribution in [-0.2, 0) is 6.18 Å². The summed E-state index contributed by atoms with van der Waals surface area (Å²) >= 11 is 0. The van der Waals surface area contributed by atoms with E-state index >= 15 is 0 Å². The fourth-order valence-corrected chi connectivity index (χ4v) is 1.02. The lowest BCUT2D eigenvalue weighted by atomic mass is 10.1. The average molecular weight is 209 g/mol. The van der Waals surface area contributed by atoms with Gasteiger partial charge in [0.05, 0.1) is 12.7 Å². The molecule has 78 valence electrons. The van der Waals surface area contributed by atoms with Crippen molar-refractivity contribution in [1.82, 2.24) is 0 Å². The fraction of sp³-hybridized carbons (Fsp3) is 0.250. The molecule has 2 nitrogen and oxygen atoms in total. The maximum absolute atomic E-state index is 12.8. The second kappa shape index (κ2) is 3.36. The number of benzene rings is 1. The molecule has 1 rings (SSSR count). The molecule has 1 aromatic carbocycles. The molecule has 0 bridgehead atoms. The summed E-state index contributed by atoms with van der Waals surface area (Å²) in [5.74, 6) is -1.62. The van der Waals surface area contributed by atoms with Crippen molar-refractivity contribution in [3.63, 3.8) is 0 Å². The van der Waals surface area contributed by atoms with E-state index in [0.717, 1.165) is 7.11 Å². The normalized spacial score (nSPS) is 11.5. The first-order valence-corrected chi connectivity index (χ1v) is 3.57. The van der Waals surface area contributed by atoms with Crippen molar-refractivity contribution in [1.29, 1.82) is 0 Å². The van der Waals surface area contributed by atoms with Crippen molar-refractivity contribution in [2.45, 2.75) is 6.18 Å². The van der Waals surface area contributed by atoms with Gasteiger partial charge in [0.2, 0.25) is 0 Å². The highest BCUT2D eigenvalue weighted by atomic mass is 19.4. The summed E-state index contributed by atoms with van der Waals surface area (Å²) in [6.07, 6.45) is -4.60. The number of methoxy groups -OCH3 is 1. The lowest BCUT2D eigenvalue weighted by Crippen LogP contribution is -2.10. The number of halogens is 4. The molecule has 0 amide bonds. The minimum atomic E-state index is -4.60. The van der Waals surface area contributed by atoms with Crippen molar-refractivity contribution in [2.75, 3.05) is 12.8 Å². The predicted molar refractivity (Wildman–Crippen MR) is 42.4 cm³/mol. The van der Waals surface area contributed by atoms with Gasteiger partial charge < -0.3 is 10.5 Å². The zero-order valence-corrected chi connectivity index (χ0v) is 7.15. The number of nitrogen functional groups attached to an aromatic ring is 1. The first kappa shape index (κ1) is 10.6. The predicted octanol–water partition coefficient (Wildman–Crippen LogP) is 2.44. The molecule has 0 radical (unpaired) electrons. The van der Waals surface area contributed by atoms with Gasteiger partial charge in [0, 0.05) is 0 Å². The Bertz CT molecular complexity index is 348. The van der Waals surface area contributed by atoms with E-state index in [1.807, 2.05) is 0 Å². The van der Waals surface area contributed by atoms with Gasteiger partial charge in [-0.3, -0.25) is 0 Å². The summed E-state index contributed by atoms with van der Waals surface area (Å²) in [6.45, 7) is 0. The molecule has 0 spiro atoms. The van der Waals surface area contributed by atoms with Crippen LogP contribution in [0, 0.1) is 5.82 Å². The van der Waals surface area contributed by atoms with Gasteiger partial charge in [0.1, 0.15) is 11.5 Å². The standard InChI is InChI=1S/C8H7F4NO/c1-14-7-4(8(10,11)12)2-3-5(9)6(7)13/h2-3H,13H2,1H3. The van der Waals surface area contributed by atoms with E-state index in [9.17, 15) is 17.6 Å². The number of anilines is 1. The van der Waals surface area contributed by atoms with Crippen molar-refractivity contribution >= 4 is 5.69 Å². The first-order valence-electron chi connectivity index (χ1n) is 3.57. The van der Waals surface area contributed by atoms with Crippen LogP contribution < -0.4 is 10.5 Å². The van der Waals surface area contributed by atoms with Gasteiger partial charge in [-0.05, 0) is 12.1 Å². The van der Waals surface area contributed by atoms with Gasteiger partial charge in [-0.15, -0.1) is 0 Å². The Morgan fingerprint density at radius 2 is 1.86 bits per heavy atom. The summed E-state index contributed by atoms with van der Waals surface area (Å²) in [5.41, 5.74) is 3.37. The van der Waals surface area contributed by atoms with Crippen molar-refractivity contribution < 1.29 is 22.3 Å². The Labute approximate surface area is 77.3 Å². The van der Waals surface area contributed by atoms with E-state index in [2.05, 4.69) is 4.74 Å². The van der Waals surface area contributed by atoms with E-state index in [0.29, 0.717) is 12.1 Å². The quantitative estimate of drug-likeness (QED) is 0.569. The third kappa shape index (κ3) is 1.73. The average Bonchev–Trinajstić information content (AvgIpc) is 2.07. The number of ether oxygens (including phenoxy) is 1. The third-order valence-corrected chi connectivity index (χ3v) is 1.65. The molecule has 2 N–H and O–H groups in total. The topological polar surface area (TPSA) is 35.2 Å². The van der Waals surface area contributed by atoms with Gasteiger partial charge in [-0.25, -0.2) is 4.39 Å².